The van der Waals surface area contributed by atoms with Gasteiger partial charge < -0.3 is 10.6 Å². The van der Waals surface area contributed by atoms with Crippen molar-refractivity contribution in [1.82, 2.24) is 4.90 Å². The number of hydrogen-bond acceptors (Lipinski definition) is 3. The molecule has 1 aliphatic rings. The molecule has 2 nitrogen and oxygen atoms in total. The first-order valence-electron chi connectivity index (χ1n) is 6.37. The van der Waals surface area contributed by atoms with Crippen LogP contribution in [0.5, 0.6) is 0 Å². The first kappa shape index (κ1) is 14.0. The van der Waals surface area contributed by atoms with Crippen LogP contribution in [0.3, 0.4) is 0 Å². The normalized spacial score (nSPS) is 18.3. The molecular formula is C16H20N2S. The van der Waals surface area contributed by atoms with Crippen LogP contribution in [-0.4, -0.2) is 17.3 Å². The largest absolute Gasteiger partial charge is 0.365 e. The molecule has 0 saturated carbocycles. The van der Waals surface area contributed by atoms with Gasteiger partial charge in [-0.2, -0.15) is 0 Å². The second-order valence-electron chi connectivity index (χ2n) is 4.53. The van der Waals surface area contributed by atoms with Crippen LogP contribution < -0.4 is 5.73 Å². The fourth-order valence-electron chi connectivity index (χ4n) is 2.05. The average Bonchev–Trinajstić information content (AvgIpc) is 2.46. The molecule has 1 aliphatic heterocycles. The summed E-state index contributed by atoms with van der Waals surface area (Å²) < 4.78 is 0. The van der Waals surface area contributed by atoms with E-state index in [1.54, 1.807) is 0 Å². The van der Waals surface area contributed by atoms with Crippen molar-refractivity contribution in [3.05, 3.63) is 72.0 Å². The van der Waals surface area contributed by atoms with Gasteiger partial charge in [-0.15, -0.1) is 11.8 Å². The van der Waals surface area contributed by atoms with Gasteiger partial charge in [0, 0.05) is 25.5 Å². The number of benzene rings is 1. The molecule has 2 N–H and O–H groups in total. The monoisotopic (exact) mass is 272 g/mol. The maximum absolute atomic E-state index is 5.77. The van der Waals surface area contributed by atoms with E-state index in [0.29, 0.717) is 11.9 Å². The molecule has 0 amide bonds. The van der Waals surface area contributed by atoms with Gasteiger partial charge in [-0.3, -0.25) is 0 Å². The summed E-state index contributed by atoms with van der Waals surface area (Å²) in [7, 11) is 2.10. The summed E-state index contributed by atoms with van der Waals surface area (Å²) >= 11 is 1.91. The molecule has 0 fully saturated rings. The van der Waals surface area contributed by atoms with E-state index in [0.717, 1.165) is 11.3 Å². The van der Waals surface area contributed by atoms with E-state index in [1.807, 2.05) is 23.9 Å². The first-order valence-corrected chi connectivity index (χ1v) is 7.42. The van der Waals surface area contributed by atoms with E-state index in [4.69, 9.17) is 5.73 Å². The van der Waals surface area contributed by atoms with Crippen LogP contribution in [-0.2, 0) is 12.3 Å². The SMILES string of the molecule is C=CC1=CN(C)C(SCc2ccccc2CN)C=C1. The Bertz CT molecular complexity index is 505. The predicted molar refractivity (Wildman–Crippen MR) is 84.6 cm³/mol. The molecule has 1 heterocycles. The standard InChI is InChI=1S/C16H20N2S/c1-3-13-8-9-16(18(2)11-13)19-12-15-7-5-4-6-14(15)10-17/h3-9,11,16H,1,10,12,17H2,2H3. The van der Waals surface area contributed by atoms with E-state index in [1.165, 1.54) is 11.1 Å². The molecule has 3 heteroatoms. The fraction of sp³-hybridized carbons (Fsp3) is 0.250. The molecular weight excluding hydrogens is 252 g/mol. The molecule has 1 aromatic carbocycles. The van der Waals surface area contributed by atoms with E-state index in [-0.39, 0.29) is 0 Å². The second kappa shape index (κ2) is 6.64. The highest BCUT2D eigenvalue weighted by molar-refractivity contribution is 7.99. The number of thioether (sulfide) groups is 1. The fourth-order valence-corrected chi connectivity index (χ4v) is 3.16. The number of allylic oxidation sites excluding steroid dienone is 3. The number of hydrogen-bond donors (Lipinski definition) is 1. The second-order valence-corrected chi connectivity index (χ2v) is 5.64. The zero-order chi connectivity index (χ0) is 13.7. The van der Waals surface area contributed by atoms with Crippen LogP contribution in [0.4, 0.5) is 0 Å². The van der Waals surface area contributed by atoms with Crippen LogP contribution in [0.15, 0.2) is 60.8 Å². The summed E-state index contributed by atoms with van der Waals surface area (Å²) in [6, 6.07) is 8.38. The van der Waals surface area contributed by atoms with Gasteiger partial charge in [0.15, 0.2) is 0 Å². The summed E-state index contributed by atoms with van der Waals surface area (Å²) in [6.45, 7) is 4.40. The van der Waals surface area contributed by atoms with Crippen molar-refractivity contribution in [3.63, 3.8) is 0 Å². The van der Waals surface area contributed by atoms with Crippen molar-refractivity contribution in [1.29, 1.82) is 0 Å². The van der Waals surface area contributed by atoms with E-state index < -0.39 is 0 Å². The molecule has 0 spiro atoms. The number of rotatable bonds is 5. The predicted octanol–water partition coefficient (Wildman–Crippen LogP) is 3.28. The Hall–Kier alpha value is -1.45. The maximum atomic E-state index is 5.77. The van der Waals surface area contributed by atoms with Crippen molar-refractivity contribution in [3.8, 4) is 0 Å². The Morgan fingerprint density at radius 1 is 1.37 bits per heavy atom. The molecule has 1 unspecified atom stereocenters. The average molecular weight is 272 g/mol. The minimum atomic E-state index is 0.370. The third-order valence-corrected chi connectivity index (χ3v) is 4.50. The quantitative estimate of drug-likeness (QED) is 0.892. The Morgan fingerprint density at radius 2 is 2.11 bits per heavy atom. The Balaban J connectivity index is 1.98. The van der Waals surface area contributed by atoms with Crippen molar-refractivity contribution < 1.29 is 0 Å². The minimum Gasteiger partial charge on any atom is -0.365 e. The lowest BCUT2D eigenvalue weighted by Crippen LogP contribution is -2.24. The van der Waals surface area contributed by atoms with Gasteiger partial charge >= 0.3 is 0 Å². The van der Waals surface area contributed by atoms with Crippen molar-refractivity contribution >= 4 is 11.8 Å². The van der Waals surface area contributed by atoms with Crippen molar-refractivity contribution in [2.45, 2.75) is 17.7 Å². The lowest BCUT2D eigenvalue weighted by molar-refractivity contribution is 0.470. The molecule has 1 atom stereocenters. The zero-order valence-electron chi connectivity index (χ0n) is 11.3. The summed E-state index contributed by atoms with van der Waals surface area (Å²) in [6.07, 6.45) is 8.34. The third-order valence-electron chi connectivity index (χ3n) is 3.19. The van der Waals surface area contributed by atoms with Gasteiger partial charge in [-0.1, -0.05) is 49.1 Å². The topological polar surface area (TPSA) is 29.3 Å². The lowest BCUT2D eigenvalue weighted by Gasteiger charge is -2.27. The van der Waals surface area contributed by atoms with Crippen molar-refractivity contribution in [2.24, 2.45) is 5.73 Å². The molecule has 0 radical (unpaired) electrons. The van der Waals surface area contributed by atoms with Gasteiger partial charge in [0.25, 0.3) is 0 Å². The number of nitrogens with zero attached hydrogens (tertiary/aromatic N) is 1. The van der Waals surface area contributed by atoms with Crippen molar-refractivity contribution in [2.75, 3.05) is 7.05 Å². The molecule has 1 aromatic rings. The van der Waals surface area contributed by atoms with Gasteiger partial charge in [0.2, 0.25) is 0 Å². The molecule has 100 valence electrons. The van der Waals surface area contributed by atoms with Gasteiger partial charge in [0.05, 0.1) is 5.37 Å². The van der Waals surface area contributed by atoms with E-state index >= 15 is 0 Å². The molecule has 2 rings (SSSR count). The Morgan fingerprint density at radius 3 is 2.74 bits per heavy atom. The van der Waals surface area contributed by atoms with E-state index in [9.17, 15) is 0 Å². The van der Waals surface area contributed by atoms with Crippen LogP contribution in [0.2, 0.25) is 0 Å². The molecule has 0 bridgehead atoms. The summed E-state index contributed by atoms with van der Waals surface area (Å²) in [4.78, 5) is 2.22. The van der Waals surface area contributed by atoms with Crippen LogP contribution in [0, 0.1) is 0 Å². The lowest BCUT2D eigenvalue weighted by atomic mass is 10.1. The molecule has 19 heavy (non-hydrogen) atoms. The highest BCUT2D eigenvalue weighted by Crippen LogP contribution is 2.26. The number of nitrogens with two attached hydrogens (primary N) is 1. The number of likely N-dealkylation sites (N-methyl/N-ethyl adjacent to an activating group) is 1. The van der Waals surface area contributed by atoms with Gasteiger partial charge in [0.1, 0.15) is 0 Å². The first-order chi connectivity index (χ1) is 9.24. The Labute approximate surface area is 119 Å². The summed E-state index contributed by atoms with van der Waals surface area (Å²) in [5, 5.41) is 0.370. The summed E-state index contributed by atoms with van der Waals surface area (Å²) in [5.41, 5.74) is 9.49. The zero-order valence-corrected chi connectivity index (χ0v) is 12.1. The smallest absolute Gasteiger partial charge is 0.0934 e. The summed E-state index contributed by atoms with van der Waals surface area (Å²) in [5.74, 6) is 0.976. The van der Waals surface area contributed by atoms with E-state index in [2.05, 4.69) is 55.1 Å². The molecule has 0 aromatic heterocycles. The minimum absolute atomic E-state index is 0.370. The highest BCUT2D eigenvalue weighted by atomic mass is 32.2. The van der Waals surface area contributed by atoms with Gasteiger partial charge in [-0.25, -0.2) is 0 Å². The Kier molecular flexibility index (Phi) is 4.88. The van der Waals surface area contributed by atoms with Crippen LogP contribution in [0.25, 0.3) is 0 Å². The highest BCUT2D eigenvalue weighted by Gasteiger charge is 2.13. The maximum Gasteiger partial charge on any atom is 0.0934 e. The molecule has 0 saturated heterocycles. The molecule has 0 aliphatic carbocycles. The third kappa shape index (κ3) is 3.52. The van der Waals surface area contributed by atoms with Crippen LogP contribution >= 0.6 is 11.8 Å². The van der Waals surface area contributed by atoms with Gasteiger partial charge in [-0.05, 0) is 16.7 Å². The van der Waals surface area contributed by atoms with Crippen LogP contribution in [0.1, 0.15) is 11.1 Å².